The van der Waals surface area contributed by atoms with Gasteiger partial charge >= 0.3 is 0 Å². The second kappa shape index (κ2) is 17.8. The first kappa shape index (κ1) is 31.8. The third-order valence-corrected chi connectivity index (χ3v) is 6.19. The summed E-state index contributed by atoms with van der Waals surface area (Å²) in [5, 5.41) is 5.64. The average molecular weight is 595 g/mol. The molecule has 2 N–H and O–H groups in total. The van der Waals surface area contributed by atoms with E-state index >= 15 is 0 Å². The summed E-state index contributed by atoms with van der Waals surface area (Å²) >= 11 is 0. The Balaban J connectivity index is 1.27. The van der Waals surface area contributed by atoms with Crippen LogP contribution in [0.15, 0.2) is 54.9 Å². The van der Waals surface area contributed by atoms with E-state index in [1.54, 1.807) is 42.7 Å². The molecule has 3 heterocycles. The minimum absolute atomic E-state index is 0.230. The largest absolute Gasteiger partial charge is 0.487 e. The highest BCUT2D eigenvalue weighted by molar-refractivity contribution is 5.96. The van der Waals surface area contributed by atoms with Crippen LogP contribution in [-0.4, -0.2) is 101 Å². The van der Waals surface area contributed by atoms with Gasteiger partial charge in [0.1, 0.15) is 13.2 Å². The first-order chi connectivity index (χ1) is 21.1. The lowest BCUT2D eigenvalue weighted by Gasteiger charge is -2.15. The normalized spacial score (nSPS) is 15.5. The monoisotopic (exact) mass is 594 g/mol. The standard InChI is InChI=1S/C31H38N4O8/c1-23-4-6-32-26(20-23)27-21-25(5-7-33-27)31(37)35-9-8-34-30(36)24-2-3-28-29(22-24)43-19-17-41-15-13-39-11-10-38-12-14-40-16-18-42-28/h2-7,20-22H,8-19H2,1H3,(H,34,36)(H,35,37). The van der Waals surface area contributed by atoms with Gasteiger partial charge in [0.2, 0.25) is 0 Å². The van der Waals surface area contributed by atoms with E-state index in [1.807, 2.05) is 19.1 Å². The van der Waals surface area contributed by atoms with E-state index in [0.29, 0.717) is 93.5 Å². The summed E-state index contributed by atoms with van der Waals surface area (Å²) in [6.07, 6.45) is 3.28. The van der Waals surface area contributed by atoms with Crippen molar-refractivity contribution in [3.63, 3.8) is 0 Å². The van der Waals surface area contributed by atoms with Gasteiger partial charge in [-0.05, 0) is 55.0 Å². The number of rotatable bonds is 6. The summed E-state index contributed by atoms with van der Waals surface area (Å²) in [6, 6.07) is 12.1. The number of benzene rings is 1. The molecule has 4 rings (SSSR count). The van der Waals surface area contributed by atoms with Crippen LogP contribution >= 0.6 is 0 Å². The Morgan fingerprint density at radius 2 is 1.09 bits per heavy atom. The topological polar surface area (TPSA) is 139 Å². The highest BCUT2D eigenvalue weighted by Gasteiger charge is 2.13. The van der Waals surface area contributed by atoms with E-state index in [1.165, 1.54) is 0 Å². The lowest BCUT2D eigenvalue weighted by atomic mass is 10.1. The minimum atomic E-state index is -0.312. The third kappa shape index (κ3) is 10.9. The number of carbonyl (C=O) groups is 2. The van der Waals surface area contributed by atoms with E-state index < -0.39 is 0 Å². The van der Waals surface area contributed by atoms with E-state index in [-0.39, 0.29) is 31.5 Å². The van der Waals surface area contributed by atoms with E-state index in [9.17, 15) is 9.59 Å². The number of aromatic nitrogens is 2. The number of nitrogens with zero attached hydrogens (tertiary/aromatic N) is 2. The number of hydrogen-bond acceptors (Lipinski definition) is 10. The zero-order valence-electron chi connectivity index (χ0n) is 24.3. The van der Waals surface area contributed by atoms with Crippen molar-refractivity contribution in [2.75, 3.05) is 79.2 Å². The number of carbonyl (C=O) groups excluding carboxylic acids is 2. The van der Waals surface area contributed by atoms with Gasteiger partial charge in [-0.15, -0.1) is 0 Å². The second-order valence-corrected chi connectivity index (χ2v) is 9.47. The predicted molar refractivity (Wildman–Crippen MR) is 158 cm³/mol. The van der Waals surface area contributed by atoms with Gasteiger partial charge in [-0.3, -0.25) is 19.6 Å². The van der Waals surface area contributed by atoms with Crippen molar-refractivity contribution in [1.29, 1.82) is 0 Å². The molecule has 43 heavy (non-hydrogen) atoms. The molecule has 1 aliphatic heterocycles. The summed E-state index contributed by atoms with van der Waals surface area (Å²) < 4.78 is 33.7. The Kier molecular flexibility index (Phi) is 13.1. The van der Waals surface area contributed by atoms with Crippen LogP contribution in [0.4, 0.5) is 0 Å². The molecule has 12 nitrogen and oxygen atoms in total. The SMILES string of the molecule is Cc1ccnc(-c2cc(C(=O)NCCNC(=O)c3ccc4c(c3)OCCOCCOCCOCCOCCO4)ccn2)c1. The zero-order chi connectivity index (χ0) is 30.1. The summed E-state index contributed by atoms with van der Waals surface area (Å²) in [6.45, 7) is 6.53. The van der Waals surface area contributed by atoms with E-state index in [4.69, 9.17) is 28.4 Å². The fraction of sp³-hybridized carbons (Fsp3) is 0.419. The van der Waals surface area contributed by atoms with Crippen LogP contribution in [0.1, 0.15) is 26.3 Å². The third-order valence-electron chi connectivity index (χ3n) is 6.19. The summed E-state index contributed by atoms with van der Waals surface area (Å²) in [5.74, 6) is 0.325. The maximum Gasteiger partial charge on any atom is 0.251 e. The van der Waals surface area contributed by atoms with Crippen molar-refractivity contribution in [1.82, 2.24) is 20.6 Å². The Hall–Kier alpha value is -4.10. The molecule has 0 spiro atoms. The van der Waals surface area contributed by atoms with Crippen molar-refractivity contribution in [2.45, 2.75) is 6.92 Å². The van der Waals surface area contributed by atoms with Crippen LogP contribution in [0.3, 0.4) is 0 Å². The number of pyridine rings is 2. The van der Waals surface area contributed by atoms with Gasteiger partial charge in [-0.2, -0.15) is 0 Å². The van der Waals surface area contributed by atoms with E-state index in [2.05, 4.69) is 20.6 Å². The number of amides is 2. The molecule has 0 unspecified atom stereocenters. The molecular weight excluding hydrogens is 556 g/mol. The second-order valence-electron chi connectivity index (χ2n) is 9.47. The molecule has 0 radical (unpaired) electrons. The first-order valence-corrected chi connectivity index (χ1v) is 14.3. The van der Waals surface area contributed by atoms with Gasteiger partial charge in [0.15, 0.2) is 11.5 Å². The first-order valence-electron chi connectivity index (χ1n) is 14.3. The molecule has 0 bridgehead atoms. The summed E-state index contributed by atoms with van der Waals surface area (Å²) in [7, 11) is 0. The Morgan fingerprint density at radius 3 is 1.67 bits per heavy atom. The predicted octanol–water partition coefficient (Wildman–Crippen LogP) is 2.45. The van der Waals surface area contributed by atoms with Crippen LogP contribution < -0.4 is 20.1 Å². The lowest BCUT2D eigenvalue weighted by Crippen LogP contribution is -2.34. The molecular formula is C31H38N4O8. The number of hydrogen-bond donors (Lipinski definition) is 2. The van der Waals surface area contributed by atoms with Gasteiger partial charge in [-0.1, -0.05) is 0 Å². The number of ether oxygens (including phenoxy) is 6. The van der Waals surface area contributed by atoms with Crippen LogP contribution in [0.25, 0.3) is 11.4 Å². The molecule has 2 amide bonds. The smallest absolute Gasteiger partial charge is 0.251 e. The highest BCUT2D eigenvalue weighted by Crippen LogP contribution is 2.28. The maximum absolute atomic E-state index is 12.9. The molecule has 3 aromatic rings. The van der Waals surface area contributed by atoms with Crippen LogP contribution in [0.5, 0.6) is 11.5 Å². The van der Waals surface area contributed by atoms with Crippen molar-refractivity contribution in [3.05, 3.63) is 71.5 Å². The Bertz CT molecular complexity index is 1320. The van der Waals surface area contributed by atoms with Crippen molar-refractivity contribution in [3.8, 4) is 22.9 Å². The zero-order valence-corrected chi connectivity index (χ0v) is 24.3. The van der Waals surface area contributed by atoms with Gasteiger partial charge in [0, 0.05) is 36.6 Å². The van der Waals surface area contributed by atoms with Gasteiger partial charge in [-0.25, -0.2) is 0 Å². The fourth-order valence-electron chi connectivity index (χ4n) is 4.01. The van der Waals surface area contributed by atoms with Crippen molar-refractivity contribution >= 4 is 11.8 Å². The minimum Gasteiger partial charge on any atom is -0.487 e. The molecule has 0 atom stereocenters. The molecule has 0 aliphatic carbocycles. The fourth-order valence-corrected chi connectivity index (χ4v) is 4.01. The summed E-state index contributed by atoms with van der Waals surface area (Å²) in [5.41, 5.74) is 3.20. The van der Waals surface area contributed by atoms with Crippen LogP contribution in [-0.2, 0) is 18.9 Å². The van der Waals surface area contributed by atoms with Crippen LogP contribution in [0, 0.1) is 6.92 Å². The molecule has 0 saturated carbocycles. The van der Waals surface area contributed by atoms with Gasteiger partial charge in [0.25, 0.3) is 11.8 Å². The molecule has 0 fully saturated rings. The van der Waals surface area contributed by atoms with Crippen molar-refractivity contribution in [2.24, 2.45) is 0 Å². The average Bonchev–Trinajstić information content (AvgIpc) is 3.02. The number of fused-ring (bicyclic) bond motifs is 1. The lowest BCUT2D eigenvalue weighted by molar-refractivity contribution is -0.00842. The Morgan fingerprint density at radius 1 is 0.605 bits per heavy atom. The van der Waals surface area contributed by atoms with E-state index in [0.717, 1.165) is 5.56 Å². The molecule has 12 heteroatoms. The summed E-state index contributed by atoms with van der Waals surface area (Å²) in [4.78, 5) is 34.2. The highest BCUT2D eigenvalue weighted by atomic mass is 16.6. The van der Waals surface area contributed by atoms with Crippen LogP contribution in [0.2, 0.25) is 0 Å². The quantitative estimate of drug-likeness (QED) is 0.409. The number of aryl methyl sites for hydroxylation is 1. The molecule has 230 valence electrons. The van der Waals surface area contributed by atoms with Gasteiger partial charge in [0.05, 0.1) is 64.2 Å². The molecule has 0 saturated heterocycles. The molecule has 1 aliphatic rings. The maximum atomic E-state index is 12.9. The molecule has 2 aromatic heterocycles. The Labute approximate surface area is 251 Å². The number of nitrogens with one attached hydrogen (secondary N) is 2. The van der Waals surface area contributed by atoms with Crippen molar-refractivity contribution < 1.29 is 38.0 Å². The molecule has 1 aromatic carbocycles. The van der Waals surface area contributed by atoms with Gasteiger partial charge < -0.3 is 39.1 Å².